The third-order valence-corrected chi connectivity index (χ3v) is 6.29. The molecule has 1 aromatic rings. The third-order valence-electron chi connectivity index (χ3n) is 6.29. The molecule has 0 unspecified atom stereocenters. The minimum absolute atomic E-state index is 0.0938. The number of amides is 2. The fourth-order valence-electron chi connectivity index (χ4n) is 4.61. The Morgan fingerprint density at radius 2 is 1.94 bits per heavy atom. The summed E-state index contributed by atoms with van der Waals surface area (Å²) >= 11 is 0. The first kappa shape index (κ1) is 23.6. The maximum atomic E-state index is 13.4. The first-order chi connectivity index (χ1) is 15.4. The number of aliphatic carboxylic acids is 1. The van der Waals surface area contributed by atoms with Gasteiger partial charge in [-0.3, -0.25) is 30.8 Å². The Hall–Kier alpha value is -3.01. The van der Waals surface area contributed by atoms with Crippen LogP contribution in [0.1, 0.15) is 56.2 Å². The Morgan fingerprint density at radius 1 is 1.19 bits per heavy atom. The van der Waals surface area contributed by atoms with Crippen molar-refractivity contribution in [3.63, 3.8) is 0 Å². The molecule has 2 heterocycles. The normalized spacial score (nSPS) is 20.0. The van der Waals surface area contributed by atoms with E-state index in [2.05, 4.69) is 15.6 Å². The van der Waals surface area contributed by atoms with Crippen molar-refractivity contribution in [3.05, 3.63) is 29.6 Å². The molecule has 1 saturated heterocycles. The largest absolute Gasteiger partial charge is 0.480 e. The van der Waals surface area contributed by atoms with Crippen LogP contribution in [0.5, 0.6) is 0 Å². The van der Waals surface area contributed by atoms with Crippen LogP contribution < -0.4 is 21.8 Å². The second-order valence-corrected chi connectivity index (χ2v) is 8.56. The molecule has 0 bridgehead atoms. The Kier molecular flexibility index (Phi) is 8.15. The Bertz CT molecular complexity index is 837. The first-order valence-electron chi connectivity index (χ1n) is 11.2. The molecule has 2 fully saturated rings. The van der Waals surface area contributed by atoms with E-state index >= 15 is 0 Å². The van der Waals surface area contributed by atoms with Gasteiger partial charge in [0, 0.05) is 19.3 Å². The van der Waals surface area contributed by atoms with E-state index in [1.54, 1.807) is 23.2 Å². The van der Waals surface area contributed by atoms with Gasteiger partial charge in [-0.05, 0) is 43.2 Å². The summed E-state index contributed by atoms with van der Waals surface area (Å²) < 4.78 is 0. The van der Waals surface area contributed by atoms with Crippen LogP contribution in [0.25, 0.3) is 0 Å². The first-order valence-corrected chi connectivity index (χ1v) is 11.2. The predicted octanol–water partition coefficient (Wildman–Crippen LogP) is -1.22. The fraction of sp³-hybridized carbons (Fsp3) is 0.591. The molecule has 7 N–H and O–H groups in total. The number of nitrogens with one attached hydrogen (secondary N) is 2. The number of carboxylic acid groups (broad SMARTS) is 1. The summed E-state index contributed by atoms with van der Waals surface area (Å²) in [5.41, 5.74) is 6.79. The number of hydrogen-bond donors (Lipinski definition) is 5. The number of rotatable bonds is 9. The molecule has 1 saturated carbocycles. The highest BCUT2D eigenvalue weighted by atomic mass is 16.4. The molecule has 2 atom stereocenters. The molecule has 10 nitrogen and oxygen atoms in total. The molecule has 2 aliphatic rings. The highest BCUT2D eigenvalue weighted by molar-refractivity contribution is 5.91. The minimum Gasteiger partial charge on any atom is -0.480 e. The SMILES string of the molecule is NC(=[NH2+])c1ccc(CNC(=O)[C@@H]2CCCN2C(=O)[C@H](NCC(=O)O)C2CCCCC2)cn1. The summed E-state index contributed by atoms with van der Waals surface area (Å²) in [6.45, 7) is 0.501. The lowest BCUT2D eigenvalue weighted by Crippen LogP contribution is -2.55. The van der Waals surface area contributed by atoms with Crippen LogP contribution in [0.15, 0.2) is 18.3 Å². The number of likely N-dealkylation sites (tertiary alicyclic amines) is 1. The average Bonchev–Trinajstić information content (AvgIpc) is 3.28. The van der Waals surface area contributed by atoms with Crippen molar-refractivity contribution in [2.24, 2.45) is 11.7 Å². The summed E-state index contributed by atoms with van der Waals surface area (Å²) in [4.78, 5) is 43.2. The van der Waals surface area contributed by atoms with Gasteiger partial charge in [0.25, 0.3) is 5.84 Å². The van der Waals surface area contributed by atoms with E-state index in [4.69, 9.17) is 16.2 Å². The Labute approximate surface area is 187 Å². The maximum absolute atomic E-state index is 13.4. The molecular weight excluding hydrogens is 412 g/mol. The highest BCUT2D eigenvalue weighted by Crippen LogP contribution is 2.29. The van der Waals surface area contributed by atoms with Gasteiger partial charge in [-0.15, -0.1) is 0 Å². The van der Waals surface area contributed by atoms with Crippen LogP contribution in [0.4, 0.5) is 0 Å². The van der Waals surface area contributed by atoms with Crippen LogP contribution in [-0.4, -0.2) is 63.8 Å². The second kappa shape index (κ2) is 11.0. The zero-order chi connectivity index (χ0) is 23.1. The number of nitrogens with two attached hydrogens (primary N) is 2. The lowest BCUT2D eigenvalue weighted by Gasteiger charge is -2.34. The molecule has 1 aliphatic carbocycles. The number of carbonyl (C=O) groups excluding carboxylic acids is 2. The van der Waals surface area contributed by atoms with Crippen molar-refractivity contribution in [2.45, 2.75) is 63.6 Å². The van der Waals surface area contributed by atoms with Gasteiger partial charge in [0.2, 0.25) is 11.8 Å². The minimum atomic E-state index is -0.997. The van der Waals surface area contributed by atoms with E-state index in [9.17, 15) is 14.4 Å². The average molecular weight is 446 g/mol. The number of hydrogen-bond acceptors (Lipinski definition) is 5. The molecular formula is C22H33N6O4+. The lowest BCUT2D eigenvalue weighted by atomic mass is 9.83. The van der Waals surface area contributed by atoms with E-state index < -0.39 is 18.1 Å². The van der Waals surface area contributed by atoms with E-state index in [0.29, 0.717) is 18.7 Å². The fourth-order valence-corrected chi connectivity index (χ4v) is 4.61. The predicted molar refractivity (Wildman–Crippen MR) is 117 cm³/mol. The number of nitrogens with zero attached hydrogens (tertiary/aromatic N) is 2. The van der Waals surface area contributed by atoms with E-state index in [1.807, 2.05) is 0 Å². The quantitative estimate of drug-likeness (QED) is 0.235. The smallest absolute Gasteiger partial charge is 0.317 e. The van der Waals surface area contributed by atoms with Gasteiger partial charge in [0.1, 0.15) is 6.04 Å². The molecule has 10 heteroatoms. The van der Waals surface area contributed by atoms with E-state index in [0.717, 1.165) is 44.1 Å². The Morgan fingerprint density at radius 3 is 2.56 bits per heavy atom. The molecule has 174 valence electrons. The number of aromatic nitrogens is 1. The van der Waals surface area contributed by atoms with Crippen LogP contribution in [-0.2, 0) is 20.9 Å². The van der Waals surface area contributed by atoms with Crippen molar-refractivity contribution in [1.29, 1.82) is 0 Å². The van der Waals surface area contributed by atoms with Gasteiger partial charge in [-0.1, -0.05) is 25.3 Å². The number of amidine groups is 1. The standard InChI is InChI=1S/C22H32N6O4/c23-20(24)16-9-8-14(11-25-16)12-27-21(31)17-7-4-10-28(17)22(32)19(26-13-18(29)30)15-5-2-1-3-6-15/h8-9,11,15,17,19,26H,1-7,10,12-13H2,(H3,23,24)(H,27,31)(H,29,30)/p+1/t17-,19+/m0/s1. The van der Waals surface area contributed by atoms with Gasteiger partial charge >= 0.3 is 5.97 Å². The van der Waals surface area contributed by atoms with Gasteiger partial charge in [0.15, 0.2) is 5.69 Å². The summed E-state index contributed by atoms with van der Waals surface area (Å²) in [6, 6.07) is 2.34. The molecule has 1 aliphatic heterocycles. The van der Waals surface area contributed by atoms with Gasteiger partial charge in [0.05, 0.1) is 12.6 Å². The topological polar surface area (TPSA) is 163 Å². The summed E-state index contributed by atoms with van der Waals surface area (Å²) in [5.74, 6) is -1.16. The summed E-state index contributed by atoms with van der Waals surface area (Å²) in [6.07, 6.45) is 7.91. The van der Waals surface area contributed by atoms with Crippen molar-refractivity contribution in [3.8, 4) is 0 Å². The lowest BCUT2D eigenvalue weighted by molar-refractivity contribution is -0.142. The molecule has 32 heavy (non-hydrogen) atoms. The van der Waals surface area contributed by atoms with Crippen molar-refractivity contribution >= 4 is 23.6 Å². The van der Waals surface area contributed by atoms with Crippen molar-refractivity contribution in [1.82, 2.24) is 20.5 Å². The zero-order valence-corrected chi connectivity index (χ0v) is 18.3. The zero-order valence-electron chi connectivity index (χ0n) is 18.3. The number of carboxylic acids is 1. The van der Waals surface area contributed by atoms with Gasteiger partial charge < -0.3 is 15.3 Å². The maximum Gasteiger partial charge on any atom is 0.317 e. The van der Waals surface area contributed by atoms with Crippen LogP contribution in [0.2, 0.25) is 0 Å². The molecule has 3 rings (SSSR count). The van der Waals surface area contributed by atoms with Crippen molar-refractivity contribution < 1.29 is 24.9 Å². The third kappa shape index (κ3) is 6.03. The van der Waals surface area contributed by atoms with Crippen LogP contribution in [0, 0.1) is 5.92 Å². The highest BCUT2D eigenvalue weighted by Gasteiger charge is 2.39. The molecule has 0 radical (unpaired) electrons. The summed E-state index contributed by atoms with van der Waals surface area (Å²) in [7, 11) is 0. The van der Waals surface area contributed by atoms with Gasteiger partial charge in [-0.25, -0.2) is 4.98 Å². The van der Waals surface area contributed by atoms with Crippen LogP contribution >= 0.6 is 0 Å². The number of pyridine rings is 1. The Balaban J connectivity index is 1.63. The van der Waals surface area contributed by atoms with E-state index in [-0.39, 0.29) is 36.7 Å². The summed E-state index contributed by atoms with van der Waals surface area (Å²) in [5, 5.41) is 20.4. The monoisotopic (exact) mass is 445 g/mol. The number of carbonyl (C=O) groups is 3. The van der Waals surface area contributed by atoms with E-state index in [1.165, 1.54) is 0 Å². The molecule has 2 amide bonds. The molecule has 1 aromatic heterocycles. The molecule has 0 spiro atoms. The molecule has 0 aromatic carbocycles. The second-order valence-electron chi connectivity index (χ2n) is 8.56. The van der Waals surface area contributed by atoms with Gasteiger partial charge in [-0.2, -0.15) is 0 Å². The van der Waals surface area contributed by atoms with Crippen molar-refractivity contribution in [2.75, 3.05) is 13.1 Å². The van der Waals surface area contributed by atoms with Crippen LogP contribution in [0.3, 0.4) is 0 Å².